The Hall–Kier alpha value is -0.0900. The SMILES string of the molecule is O=[NH+]SO. The minimum absolute atomic E-state index is 0.0509. The van der Waals surface area contributed by atoms with Crippen LogP contribution in [-0.4, -0.2) is 4.55 Å². The maximum atomic E-state index is 8.76. The highest BCUT2D eigenvalue weighted by molar-refractivity contribution is 7.86. The highest BCUT2D eigenvalue weighted by Crippen LogP contribution is 1.52. The normalized spacial score (nSPS) is 6.25. The van der Waals surface area contributed by atoms with Gasteiger partial charge in [-0.25, -0.2) is 0 Å². The first-order chi connectivity index (χ1) is 1.91. The highest BCUT2D eigenvalue weighted by atomic mass is 32.2. The van der Waals surface area contributed by atoms with Crippen molar-refractivity contribution in [1.29, 1.82) is 0 Å². The van der Waals surface area contributed by atoms with Crippen molar-refractivity contribution in [2.75, 3.05) is 0 Å². The molecule has 0 aliphatic carbocycles. The van der Waals surface area contributed by atoms with Gasteiger partial charge in [0.25, 0.3) is 0 Å². The molecule has 0 spiro atoms. The standard InChI is InChI=1S/HNO2S/c2-1-4-3/h3H/p+1. The largest absolute Gasteiger partial charge is 0.382 e. The lowest BCUT2D eigenvalue weighted by molar-refractivity contribution is -0.280. The van der Waals surface area contributed by atoms with E-state index in [1.165, 1.54) is 0 Å². The summed E-state index contributed by atoms with van der Waals surface area (Å²) in [6.45, 7) is 0. The molecule has 0 aromatic heterocycles. The molecule has 0 heterocycles. The Morgan fingerprint density at radius 2 is 2.25 bits per heavy atom. The van der Waals surface area contributed by atoms with E-state index in [1.54, 1.807) is 0 Å². The molecule has 0 radical (unpaired) electrons. The molecule has 0 saturated heterocycles. The van der Waals surface area contributed by atoms with Gasteiger partial charge in [-0.2, -0.15) is 0 Å². The zero-order valence-electron chi connectivity index (χ0n) is 1.76. The first kappa shape index (κ1) is 3.91. The van der Waals surface area contributed by atoms with E-state index in [0.717, 1.165) is 4.58 Å². The van der Waals surface area contributed by atoms with Gasteiger partial charge in [0.1, 0.15) is 0 Å². The molecule has 0 aromatic carbocycles. The lowest BCUT2D eigenvalue weighted by Gasteiger charge is -1.39. The van der Waals surface area contributed by atoms with E-state index in [0.29, 0.717) is 0 Å². The topological polar surface area (TPSA) is 51.3 Å². The molecule has 0 fully saturated rings. The van der Waals surface area contributed by atoms with Crippen molar-refractivity contribution < 1.29 is 9.13 Å². The van der Waals surface area contributed by atoms with Crippen LogP contribution in [0.5, 0.6) is 0 Å². The monoisotopic (exact) mass is 80.0 g/mol. The van der Waals surface area contributed by atoms with Crippen LogP contribution >= 0.6 is 12.2 Å². The average Bonchev–Trinajstić information content (AvgIpc) is 1.37. The molecular weight excluding hydrogens is 78.1 g/mol. The van der Waals surface area contributed by atoms with Gasteiger partial charge in [-0.1, -0.05) is 0 Å². The Labute approximate surface area is 27.3 Å². The van der Waals surface area contributed by atoms with Crippen molar-refractivity contribution in [3.05, 3.63) is 4.91 Å². The second-order valence-electron chi connectivity index (χ2n) is 0.175. The number of nitroso groups, excluding NO2 is 1. The summed E-state index contributed by atoms with van der Waals surface area (Å²) in [6.07, 6.45) is 0. The van der Waals surface area contributed by atoms with Crippen molar-refractivity contribution in [2.45, 2.75) is 0 Å². The Bertz CT molecular complexity index is 20.0. The molecule has 0 aromatic rings. The first-order valence-electron chi connectivity index (χ1n) is 0.591. The maximum absolute atomic E-state index is 8.76. The van der Waals surface area contributed by atoms with Crippen LogP contribution < -0.4 is 4.58 Å². The third-order valence-electron chi connectivity index (χ3n) is 0.0373. The van der Waals surface area contributed by atoms with Gasteiger partial charge in [0.15, 0.2) is 0 Å². The fourth-order valence-electron chi connectivity index (χ4n) is 0. The Balaban J connectivity index is 2.30. The summed E-state index contributed by atoms with van der Waals surface area (Å²) >= 11 is 0.0509. The van der Waals surface area contributed by atoms with E-state index in [2.05, 4.69) is 0 Å². The average molecular weight is 80.1 g/mol. The summed E-state index contributed by atoms with van der Waals surface area (Å²) in [7, 11) is 0. The molecule has 0 saturated carbocycles. The van der Waals surface area contributed by atoms with Gasteiger partial charge in [0.05, 0.1) is 4.58 Å². The summed E-state index contributed by atoms with van der Waals surface area (Å²) in [5.74, 6) is 0. The zero-order chi connectivity index (χ0) is 3.41. The summed E-state index contributed by atoms with van der Waals surface area (Å²) in [4.78, 5) is 8.76. The third-order valence-corrected chi connectivity index (χ3v) is 0.112. The Kier molecular flexibility index (Phi) is 2.84. The predicted molar refractivity (Wildman–Crippen MR) is 14.5 cm³/mol. The molecule has 0 rings (SSSR count). The third kappa shape index (κ3) is 1.91. The number of rotatable bonds is 1. The molecule has 0 atom stereocenters. The second kappa shape index (κ2) is 2.91. The molecule has 0 bridgehead atoms. The minimum atomic E-state index is 0.0509. The predicted octanol–water partition coefficient (Wildman–Crippen LogP) is -1.05. The Morgan fingerprint density at radius 1 is 2.00 bits per heavy atom. The fraction of sp³-hybridized carbons (Fsp3) is 0. The quantitative estimate of drug-likeness (QED) is 0.312. The number of hydrogen-bond acceptors (Lipinski definition) is 3. The number of nitrogens with one attached hydrogen (secondary N) is 1. The van der Waals surface area contributed by atoms with Crippen LogP contribution in [0, 0.1) is 4.91 Å². The molecular formula is H2NO2S+. The molecule has 24 valence electrons. The zero-order valence-corrected chi connectivity index (χ0v) is 2.58. The molecule has 4 heteroatoms. The molecule has 3 nitrogen and oxygen atoms in total. The highest BCUT2D eigenvalue weighted by Gasteiger charge is 1.68. The first-order valence-corrected chi connectivity index (χ1v) is 1.36. The molecule has 0 unspecified atom stereocenters. The van der Waals surface area contributed by atoms with Crippen LogP contribution in [-0.2, 0) is 0 Å². The molecule has 2 N–H and O–H groups in total. The molecule has 0 aliphatic rings. The van der Waals surface area contributed by atoms with Crippen molar-refractivity contribution in [1.82, 2.24) is 0 Å². The van der Waals surface area contributed by atoms with E-state index in [4.69, 9.17) is 9.46 Å². The lowest BCUT2D eigenvalue weighted by Crippen LogP contribution is -2.51. The van der Waals surface area contributed by atoms with Crippen molar-refractivity contribution >= 4 is 12.2 Å². The van der Waals surface area contributed by atoms with Gasteiger partial charge in [-0.3, -0.25) is 4.55 Å². The molecule has 0 amide bonds. The summed E-state index contributed by atoms with van der Waals surface area (Å²) in [6, 6.07) is 0. The summed E-state index contributed by atoms with van der Waals surface area (Å²) in [5, 5.41) is 0. The van der Waals surface area contributed by atoms with Crippen LogP contribution in [0.2, 0.25) is 0 Å². The molecule has 0 aliphatic heterocycles. The summed E-state index contributed by atoms with van der Waals surface area (Å²) in [5.41, 5.74) is 0. The second-order valence-corrected chi connectivity index (χ2v) is 0.524. The van der Waals surface area contributed by atoms with Crippen LogP contribution in [0.1, 0.15) is 0 Å². The van der Waals surface area contributed by atoms with Gasteiger partial charge >= 0.3 is 12.2 Å². The van der Waals surface area contributed by atoms with E-state index >= 15 is 0 Å². The van der Waals surface area contributed by atoms with Gasteiger partial charge in [-0.15, -0.1) is 0 Å². The van der Waals surface area contributed by atoms with Crippen molar-refractivity contribution in [2.24, 2.45) is 0 Å². The van der Waals surface area contributed by atoms with Gasteiger partial charge < -0.3 is 0 Å². The van der Waals surface area contributed by atoms with Gasteiger partial charge in [-0.05, 0) is 0 Å². The lowest BCUT2D eigenvalue weighted by atomic mass is 13.7. The van der Waals surface area contributed by atoms with Crippen molar-refractivity contribution in [3.8, 4) is 0 Å². The number of hydrogen-bond donors (Lipinski definition) is 2. The van der Waals surface area contributed by atoms with Crippen LogP contribution in [0.4, 0.5) is 0 Å². The Morgan fingerprint density at radius 3 is 2.25 bits per heavy atom. The smallest absolute Gasteiger partial charge is 0.271 e. The molecule has 4 heavy (non-hydrogen) atoms. The van der Waals surface area contributed by atoms with Gasteiger partial charge in [0, 0.05) is 4.91 Å². The van der Waals surface area contributed by atoms with Crippen LogP contribution in [0.25, 0.3) is 0 Å². The van der Waals surface area contributed by atoms with Crippen LogP contribution in [0.15, 0.2) is 0 Å². The van der Waals surface area contributed by atoms with E-state index in [9.17, 15) is 0 Å². The van der Waals surface area contributed by atoms with Gasteiger partial charge in [0.2, 0.25) is 0 Å². The maximum Gasteiger partial charge on any atom is 0.382 e. The fourth-order valence-corrected chi connectivity index (χ4v) is 0. The summed E-state index contributed by atoms with van der Waals surface area (Å²) < 4.78 is 8.52. The van der Waals surface area contributed by atoms with Crippen LogP contribution in [0.3, 0.4) is 0 Å². The van der Waals surface area contributed by atoms with E-state index < -0.39 is 0 Å². The minimum Gasteiger partial charge on any atom is -0.271 e. The van der Waals surface area contributed by atoms with E-state index in [1.807, 2.05) is 0 Å². The van der Waals surface area contributed by atoms with E-state index in [-0.39, 0.29) is 12.2 Å². The van der Waals surface area contributed by atoms with Crippen molar-refractivity contribution in [3.63, 3.8) is 0 Å².